The molecule has 0 bridgehead atoms. The lowest BCUT2D eigenvalue weighted by Gasteiger charge is -2.07. The average molecular weight is 319 g/mol. The zero-order valence-electron chi connectivity index (χ0n) is 12.3. The Kier molecular flexibility index (Phi) is 3.94. The molecule has 3 aromatic rings. The van der Waals surface area contributed by atoms with Crippen molar-refractivity contribution in [1.29, 1.82) is 0 Å². The number of benzene rings is 1. The zero-order valence-corrected chi connectivity index (χ0v) is 13.1. The number of rotatable bonds is 4. The Balaban J connectivity index is 2.17. The van der Waals surface area contributed by atoms with E-state index in [4.69, 9.17) is 16.3 Å². The molecule has 0 aliphatic carbocycles. The predicted octanol–water partition coefficient (Wildman–Crippen LogP) is 2.76. The molecular weight excluding hydrogens is 304 g/mol. The van der Waals surface area contributed by atoms with Crippen LogP contribution in [0, 0.1) is 0 Å². The second kappa shape index (κ2) is 5.88. The minimum absolute atomic E-state index is 0.0846. The number of ether oxygens (including phenoxy) is 1. The van der Waals surface area contributed by atoms with Crippen molar-refractivity contribution in [3.05, 3.63) is 29.0 Å². The fourth-order valence-corrected chi connectivity index (χ4v) is 2.51. The van der Waals surface area contributed by atoms with Crippen LogP contribution in [0.4, 0.5) is 0 Å². The highest BCUT2D eigenvalue weighted by Crippen LogP contribution is 2.20. The molecule has 0 unspecified atom stereocenters. The molecule has 0 atom stereocenters. The van der Waals surface area contributed by atoms with E-state index in [-0.39, 0.29) is 12.5 Å². The molecule has 0 radical (unpaired) electrons. The Labute approximate surface area is 132 Å². The summed E-state index contributed by atoms with van der Waals surface area (Å²) < 4.78 is 6.77. The summed E-state index contributed by atoms with van der Waals surface area (Å²) in [5, 5.41) is 0.600. The Morgan fingerprint density at radius 3 is 2.77 bits per heavy atom. The summed E-state index contributed by atoms with van der Waals surface area (Å²) in [5.74, 6) is 0.443. The van der Waals surface area contributed by atoms with Crippen molar-refractivity contribution in [3.8, 4) is 0 Å². The second-order valence-electron chi connectivity index (χ2n) is 4.78. The molecule has 0 aliphatic rings. The summed E-state index contributed by atoms with van der Waals surface area (Å²) in [7, 11) is 0. The van der Waals surface area contributed by atoms with Gasteiger partial charge >= 0.3 is 5.97 Å². The third-order valence-corrected chi connectivity index (χ3v) is 3.54. The van der Waals surface area contributed by atoms with Crippen LogP contribution in [-0.4, -0.2) is 32.1 Å². The SMILES string of the molecule is CCOC(=O)Cn1c(CC)nc2nc3cc(Cl)ccc3nc21. The molecule has 7 heteroatoms. The molecule has 0 saturated carbocycles. The van der Waals surface area contributed by atoms with Crippen LogP contribution in [0.2, 0.25) is 5.02 Å². The van der Waals surface area contributed by atoms with E-state index in [1.165, 1.54) is 0 Å². The third-order valence-electron chi connectivity index (χ3n) is 3.30. The van der Waals surface area contributed by atoms with E-state index in [0.717, 1.165) is 5.82 Å². The number of aryl methyl sites for hydroxylation is 1. The van der Waals surface area contributed by atoms with Crippen LogP contribution in [0.15, 0.2) is 18.2 Å². The number of hydrogen-bond donors (Lipinski definition) is 0. The molecule has 0 fully saturated rings. The number of fused-ring (bicyclic) bond motifs is 2. The number of imidazole rings is 1. The monoisotopic (exact) mass is 318 g/mol. The van der Waals surface area contributed by atoms with Crippen molar-refractivity contribution in [2.75, 3.05) is 6.61 Å². The third kappa shape index (κ3) is 2.62. The summed E-state index contributed by atoms with van der Waals surface area (Å²) in [6, 6.07) is 5.31. The van der Waals surface area contributed by atoms with Crippen LogP contribution in [0.1, 0.15) is 19.7 Å². The lowest BCUT2D eigenvalue weighted by molar-refractivity contribution is -0.143. The highest BCUT2D eigenvalue weighted by Gasteiger charge is 2.16. The summed E-state index contributed by atoms with van der Waals surface area (Å²) in [4.78, 5) is 25.3. The summed E-state index contributed by atoms with van der Waals surface area (Å²) in [6.45, 7) is 4.18. The average Bonchev–Trinajstić information content (AvgIpc) is 2.82. The molecule has 0 aliphatic heterocycles. The lowest BCUT2D eigenvalue weighted by Crippen LogP contribution is -2.15. The van der Waals surface area contributed by atoms with Gasteiger partial charge in [0.15, 0.2) is 11.3 Å². The van der Waals surface area contributed by atoms with Gasteiger partial charge in [0.05, 0.1) is 17.6 Å². The normalized spacial score (nSPS) is 11.2. The summed E-state index contributed by atoms with van der Waals surface area (Å²) in [6.07, 6.45) is 0.675. The molecule has 0 N–H and O–H groups in total. The van der Waals surface area contributed by atoms with Crippen molar-refractivity contribution >= 4 is 39.9 Å². The van der Waals surface area contributed by atoms with Gasteiger partial charge in [-0.1, -0.05) is 18.5 Å². The molecule has 114 valence electrons. The van der Waals surface area contributed by atoms with Crippen LogP contribution < -0.4 is 0 Å². The van der Waals surface area contributed by atoms with Gasteiger partial charge < -0.3 is 4.74 Å². The number of halogens is 1. The summed E-state index contributed by atoms with van der Waals surface area (Å²) in [5.41, 5.74) is 2.49. The molecule has 2 heterocycles. The molecule has 1 aromatic carbocycles. The van der Waals surface area contributed by atoms with Gasteiger partial charge in [-0.2, -0.15) is 0 Å². The molecule has 6 nitrogen and oxygen atoms in total. The smallest absolute Gasteiger partial charge is 0.326 e. The van der Waals surface area contributed by atoms with Crippen LogP contribution in [0.5, 0.6) is 0 Å². The van der Waals surface area contributed by atoms with Crippen molar-refractivity contribution in [2.45, 2.75) is 26.8 Å². The van der Waals surface area contributed by atoms with Crippen LogP contribution in [0.3, 0.4) is 0 Å². The van der Waals surface area contributed by atoms with Crippen molar-refractivity contribution in [2.24, 2.45) is 0 Å². The van der Waals surface area contributed by atoms with Crippen molar-refractivity contribution < 1.29 is 9.53 Å². The van der Waals surface area contributed by atoms with Gasteiger partial charge in [-0.25, -0.2) is 15.0 Å². The number of nitrogens with zero attached hydrogens (tertiary/aromatic N) is 4. The van der Waals surface area contributed by atoms with E-state index >= 15 is 0 Å². The zero-order chi connectivity index (χ0) is 15.7. The van der Waals surface area contributed by atoms with E-state index in [2.05, 4.69) is 15.0 Å². The fraction of sp³-hybridized carbons (Fsp3) is 0.333. The maximum absolute atomic E-state index is 11.8. The minimum atomic E-state index is -0.311. The molecule has 3 rings (SSSR count). The lowest BCUT2D eigenvalue weighted by atomic mass is 10.3. The van der Waals surface area contributed by atoms with Crippen LogP contribution in [-0.2, 0) is 22.5 Å². The second-order valence-corrected chi connectivity index (χ2v) is 5.21. The first-order valence-corrected chi connectivity index (χ1v) is 7.48. The van der Waals surface area contributed by atoms with Gasteiger partial charge in [-0.3, -0.25) is 9.36 Å². The van der Waals surface area contributed by atoms with Gasteiger partial charge in [0.25, 0.3) is 0 Å². The van der Waals surface area contributed by atoms with Gasteiger partial charge in [0, 0.05) is 11.4 Å². The van der Waals surface area contributed by atoms with Gasteiger partial charge in [0.1, 0.15) is 12.4 Å². The molecule has 22 heavy (non-hydrogen) atoms. The van der Waals surface area contributed by atoms with Crippen molar-refractivity contribution in [1.82, 2.24) is 19.5 Å². The highest BCUT2D eigenvalue weighted by atomic mass is 35.5. The molecule has 2 aromatic heterocycles. The Morgan fingerprint density at radius 2 is 2.05 bits per heavy atom. The molecule has 0 saturated heterocycles. The largest absolute Gasteiger partial charge is 0.465 e. The first-order chi connectivity index (χ1) is 10.6. The first kappa shape index (κ1) is 14.7. The molecular formula is C15H15ClN4O2. The number of carbonyl (C=O) groups is 1. The maximum atomic E-state index is 11.8. The Bertz CT molecular complexity index is 859. The number of esters is 1. The quantitative estimate of drug-likeness (QED) is 0.692. The van der Waals surface area contributed by atoms with Gasteiger partial charge in [-0.15, -0.1) is 0 Å². The number of aromatic nitrogens is 4. The predicted molar refractivity (Wildman–Crippen MR) is 83.9 cm³/mol. The Morgan fingerprint density at radius 1 is 1.23 bits per heavy atom. The topological polar surface area (TPSA) is 69.9 Å². The van der Waals surface area contributed by atoms with E-state index in [1.807, 2.05) is 6.92 Å². The molecule has 0 amide bonds. The standard InChI is InChI=1S/C15H15ClN4O2/c1-3-12-19-14-15(20(12)8-13(21)22-4-2)18-10-6-5-9(16)7-11(10)17-14/h5-7H,3-4,8H2,1-2H3. The van der Waals surface area contributed by atoms with E-state index in [1.54, 1.807) is 29.7 Å². The number of carbonyl (C=O) groups excluding carboxylic acids is 1. The van der Waals surface area contributed by atoms with E-state index in [9.17, 15) is 4.79 Å². The minimum Gasteiger partial charge on any atom is -0.465 e. The van der Waals surface area contributed by atoms with Gasteiger partial charge in [-0.05, 0) is 25.1 Å². The van der Waals surface area contributed by atoms with Gasteiger partial charge in [0.2, 0.25) is 0 Å². The Hall–Kier alpha value is -2.21. The van der Waals surface area contributed by atoms with Crippen molar-refractivity contribution in [3.63, 3.8) is 0 Å². The highest BCUT2D eigenvalue weighted by molar-refractivity contribution is 6.31. The first-order valence-electron chi connectivity index (χ1n) is 7.10. The van der Waals surface area contributed by atoms with E-state index < -0.39 is 0 Å². The fourth-order valence-electron chi connectivity index (χ4n) is 2.34. The van der Waals surface area contributed by atoms with Crippen LogP contribution >= 0.6 is 11.6 Å². The van der Waals surface area contributed by atoms with E-state index in [0.29, 0.717) is 40.4 Å². The maximum Gasteiger partial charge on any atom is 0.326 e. The van der Waals surface area contributed by atoms with Crippen LogP contribution in [0.25, 0.3) is 22.3 Å². The summed E-state index contributed by atoms with van der Waals surface area (Å²) >= 11 is 5.98. The molecule has 0 spiro atoms. The number of hydrogen-bond acceptors (Lipinski definition) is 5.